The van der Waals surface area contributed by atoms with Gasteiger partial charge in [0.2, 0.25) is 17.7 Å². The van der Waals surface area contributed by atoms with Crippen LogP contribution in [-0.2, 0) is 25.7 Å². The average molecular weight is 475 g/mol. The number of hydrogen-bond acceptors (Lipinski definition) is 7. The van der Waals surface area contributed by atoms with Gasteiger partial charge in [0.25, 0.3) is 0 Å². The molecule has 1 aromatic heterocycles. The third-order valence-corrected chi connectivity index (χ3v) is 6.55. The van der Waals surface area contributed by atoms with Crippen molar-refractivity contribution in [1.82, 2.24) is 20.5 Å². The molecular formula is C23H30N4O5S. The van der Waals surface area contributed by atoms with E-state index in [-0.39, 0.29) is 37.8 Å². The Kier molecular flexibility index (Phi) is 8.54. The van der Waals surface area contributed by atoms with E-state index in [2.05, 4.69) is 15.6 Å². The molecule has 2 aromatic rings. The number of nitrogens with zero attached hydrogens (tertiary/aromatic N) is 2. The number of aliphatic hydroxyl groups is 1. The van der Waals surface area contributed by atoms with Crippen molar-refractivity contribution in [2.24, 2.45) is 0 Å². The maximum Gasteiger partial charge on any atom is 0.245 e. The lowest BCUT2D eigenvalue weighted by Gasteiger charge is -2.27. The first-order chi connectivity index (χ1) is 15.8. The van der Waals surface area contributed by atoms with E-state index in [0.29, 0.717) is 6.54 Å². The summed E-state index contributed by atoms with van der Waals surface area (Å²) >= 11 is 1.58. The van der Waals surface area contributed by atoms with Crippen LogP contribution < -0.4 is 10.6 Å². The number of aromatic nitrogens is 1. The number of nitrogens with one attached hydrogen (secondary N) is 2. The second-order valence-electron chi connectivity index (χ2n) is 8.11. The molecule has 1 fully saturated rings. The molecule has 10 heteroatoms. The highest BCUT2D eigenvalue weighted by atomic mass is 32.1. The van der Waals surface area contributed by atoms with Gasteiger partial charge in [-0.2, -0.15) is 0 Å². The molecule has 33 heavy (non-hydrogen) atoms. The van der Waals surface area contributed by atoms with Crippen LogP contribution in [0.1, 0.15) is 31.0 Å². The summed E-state index contributed by atoms with van der Waals surface area (Å²) in [6, 6.07) is 6.27. The Hall–Kier alpha value is -2.82. The topological polar surface area (TPSA) is 121 Å². The molecule has 3 rings (SSSR count). The summed E-state index contributed by atoms with van der Waals surface area (Å²) in [6.45, 7) is 4.15. The monoisotopic (exact) mass is 474 g/mol. The van der Waals surface area contributed by atoms with Gasteiger partial charge in [-0.1, -0.05) is 24.3 Å². The summed E-state index contributed by atoms with van der Waals surface area (Å²) in [5, 5.41) is 15.6. The van der Waals surface area contributed by atoms with E-state index in [1.807, 2.05) is 36.7 Å². The van der Waals surface area contributed by atoms with Crippen molar-refractivity contribution in [2.75, 3.05) is 20.3 Å². The van der Waals surface area contributed by atoms with E-state index < -0.39 is 24.1 Å². The van der Waals surface area contributed by atoms with Crippen LogP contribution in [0.25, 0.3) is 10.4 Å². The fourth-order valence-corrected chi connectivity index (χ4v) is 4.60. The SMILES string of the molecule is COCCC(=O)NC(C)C(=O)N1C[C@H](O)C[C@H]1C(=O)NCc1ccc(-c2scnc2C)cc1. The van der Waals surface area contributed by atoms with Gasteiger partial charge < -0.3 is 25.4 Å². The first kappa shape index (κ1) is 24.8. The van der Waals surface area contributed by atoms with Crippen molar-refractivity contribution in [1.29, 1.82) is 0 Å². The van der Waals surface area contributed by atoms with E-state index >= 15 is 0 Å². The maximum atomic E-state index is 12.9. The summed E-state index contributed by atoms with van der Waals surface area (Å²) in [7, 11) is 1.49. The summed E-state index contributed by atoms with van der Waals surface area (Å²) in [6.07, 6.45) is -0.490. The molecule has 2 heterocycles. The van der Waals surface area contributed by atoms with Crippen LogP contribution in [0.15, 0.2) is 29.8 Å². The molecule has 3 amide bonds. The molecule has 0 spiro atoms. The molecule has 1 aliphatic heterocycles. The fourth-order valence-electron chi connectivity index (χ4n) is 3.78. The molecule has 0 saturated carbocycles. The lowest BCUT2D eigenvalue weighted by Crippen LogP contribution is -2.52. The third kappa shape index (κ3) is 6.37. The highest BCUT2D eigenvalue weighted by Crippen LogP contribution is 2.27. The molecule has 9 nitrogen and oxygen atoms in total. The zero-order valence-corrected chi connectivity index (χ0v) is 19.9. The minimum absolute atomic E-state index is 0.0537. The molecular weight excluding hydrogens is 444 g/mol. The number of thiazole rings is 1. The normalized spacial score (nSPS) is 18.7. The summed E-state index contributed by atoms with van der Waals surface area (Å²) in [4.78, 5) is 44.3. The quantitative estimate of drug-likeness (QED) is 0.503. The number of hydrogen-bond donors (Lipinski definition) is 3. The van der Waals surface area contributed by atoms with Crippen molar-refractivity contribution >= 4 is 29.1 Å². The highest BCUT2D eigenvalue weighted by Gasteiger charge is 2.40. The lowest BCUT2D eigenvalue weighted by molar-refractivity contribution is -0.141. The number of carbonyl (C=O) groups is 3. The summed E-state index contributed by atoms with van der Waals surface area (Å²) < 4.78 is 4.87. The first-order valence-corrected chi connectivity index (χ1v) is 11.7. The number of aliphatic hydroxyl groups excluding tert-OH is 1. The number of likely N-dealkylation sites (tertiary alicyclic amines) is 1. The Balaban J connectivity index is 1.57. The van der Waals surface area contributed by atoms with Gasteiger partial charge in [0.05, 0.1) is 28.8 Å². The van der Waals surface area contributed by atoms with Crippen molar-refractivity contribution < 1.29 is 24.2 Å². The molecule has 1 saturated heterocycles. The summed E-state index contributed by atoms with van der Waals surface area (Å²) in [5.41, 5.74) is 4.79. The van der Waals surface area contributed by atoms with E-state index in [9.17, 15) is 19.5 Å². The van der Waals surface area contributed by atoms with Crippen LogP contribution in [0.5, 0.6) is 0 Å². The Morgan fingerprint density at radius 3 is 2.67 bits per heavy atom. The van der Waals surface area contributed by atoms with Gasteiger partial charge >= 0.3 is 0 Å². The van der Waals surface area contributed by atoms with Crippen LogP contribution in [0.4, 0.5) is 0 Å². The molecule has 1 aliphatic rings. The molecule has 3 N–H and O–H groups in total. The number of benzene rings is 1. The average Bonchev–Trinajstić information content (AvgIpc) is 3.41. The Labute approximate surface area is 197 Å². The predicted molar refractivity (Wildman–Crippen MR) is 124 cm³/mol. The van der Waals surface area contributed by atoms with Gasteiger partial charge in [0, 0.05) is 33.0 Å². The van der Waals surface area contributed by atoms with Gasteiger partial charge in [0.1, 0.15) is 12.1 Å². The fraction of sp³-hybridized carbons (Fsp3) is 0.478. The summed E-state index contributed by atoms with van der Waals surface area (Å²) in [5.74, 6) is -1.04. The van der Waals surface area contributed by atoms with Gasteiger partial charge in [-0.15, -0.1) is 11.3 Å². The van der Waals surface area contributed by atoms with Crippen LogP contribution in [0.2, 0.25) is 0 Å². The molecule has 0 aliphatic carbocycles. The number of methoxy groups -OCH3 is 1. The number of rotatable bonds is 9. The Morgan fingerprint density at radius 2 is 2.03 bits per heavy atom. The van der Waals surface area contributed by atoms with Gasteiger partial charge in [-0.05, 0) is 25.0 Å². The zero-order valence-electron chi connectivity index (χ0n) is 19.0. The minimum atomic E-state index is -0.808. The van der Waals surface area contributed by atoms with Gasteiger partial charge in [-0.3, -0.25) is 14.4 Å². The molecule has 0 bridgehead atoms. The van der Waals surface area contributed by atoms with Crippen LogP contribution in [0, 0.1) is 6.92 Å². The Bertz CT molecular complexity index is 977. The van der Waals surface area contributed by atoms with Crippen molar-refractivity contribution in [3.63, 3.8) is 0 Å². The van der Waals surface area contributed by atoms with Crippen molar-refractivity contribution in [2.45, 2.75) is 51.4 Å². The lowest BCUT2D eigenvalue weighted by atomic mass is 10.1. The number of ether oxygens (including phenoxy) is 1. The van der Waals surface area contributed by atoms with E-state index in [1.54, 1.807) is 18.3 Å². The second kappa shape index (κ2) is 11.4. The standard InChI is InChI=1S/C23H30N4O5S/c1-14-21(33-13-25-14)17-6-4-16(5-7-17)11-24-22(30)19-10-18(28)12-27(19)23(31)15(2)26-20(29)8-9-32-3/h4-7,13,15,18-19,28H,8-12H2,1-3H3,(H,24,30)(H,26,29)/t15?,18-,19+/m1/s1. The molecule has 1 aromatic carbocycles. The first-order valence-electron chi connectivity index (χ1n) is 10.8. The predicted octanol–water partition coefficient (Wildman–Crippen LogP) is 1.24. The van der Waals surface area contributed by atoms with Crippen molar-refractivity contribution in [3.05, 3.63) is 41.0 Å². The van der Waals surface area contributed by atoms with E-state index in [4.69, 9.17) is 4.74 Å². The number of aryl methyl sites for hydroxylation is 1. The molecule has 1 unspecified atom stereocenters. The largest absolute Gasteiger partial charge is 0.391 e. The minimum Gasteiger partial charge on any atom is -0.391 e. The molecule has 178 valence electrons. The van der Waals surface area contributed by atoms with Crippen LogP contribution in [0.3, 0.4) is 0 Å². The van der Waals surface area contributed by atoms with Gasteiger partial charge in [0.15, 0.2) is 0 Å². The molecule has 3 atom stereocenters. The van der Waals surface area contributed by atoms with Gasteiger partial charge in [-0.25, -0.2) is 4.98 Å². The smallest absolute Gasteiger partial charge is 0.245 e. The number of amides is 3. The second-order valence-corrected chi connectivity index (χ2v) is 8.96. The number of β-amino-alcohol motifs (C(OH)–C–C–N with tert-alkyl or cyclic N) is 1. The van der Waals surface area contributed by atoms with Crippen LogP contribution in [-0.4, -0.2) is 71.2 Å². The highest BCUT2D eigenvalue weighted by molar-refractivity contribution is 7.13. The Morgan fingerprint density at radius 1 is 1.30 bits per heavy atom. The van der Waals surface area contributed by atoms with Crippen molar-refractivity contribution in [3.8, 4) is 10.4 Å². The number of carbonyl (C=O) groups excluding carboxylic acids is 3. The van der Waals surface area contributed by atoms with Crippen LogP contribution >= 0.6 is 11.3 Å². The maximum absolute atomic E-state index is 12.9. The third-order valence-electron chi connectivity index (χ3n) is 5.57. The zero-order chi connectivity index (χ0) is 24.0. The molecule has 0 radical (unpaired) electrons. The van der Waals surface area contributed by atoms with E-state index in [0.717, 1.165) is 21.7 Å². The van der Waals surface area contributed by atoms with E-state index in [1.165, 1.54) is 12.0 Å².